The largest absolute Gasteiger partial charge is 0.435 e. The molecule has 0 fully saturated rings. The molecule has 14 heteroatoms. The third-order valence-corrected chi connectivity index (χ3v) is 6.19. The van der Waals surface area contributed by atoms with Crippen molar-refractivity contribution in [2.45, 2.75) is 32.3 Å². The number of fused-ring (bicyclic) bond motifs is 1. The summed E-state index contributed by atoms with van der Waals surface area (Å²) in [5, 5.41) is 8.76. The maximum atomic E-state index is 13.0. The van der Waals surface area contributed by atoms with E-state index in [-0.39, 0.29) is 5.75 Å². The van der Waals surface area contributed by atoms with E-state index < -0.39 is 23.0 Å². The minimum Gasteiger partial charge on any atom is -0.306 e. The second-order valence-corrected chi connectivity index (χ2v) is 9.20. The molecule has 4 aromatic heterocycles. The van der Waals surface area contributed by atoms with Crippen molar-refractivity contribution in [3.05, 3.63) is 77.4 Å². The van der Waals surface area contributed by atoms with Crippen LogP contribution in [0.4, 0.5) is 13.2 Å². The third kappa shape index (κ3) is 4.97. The number of benzene rings is 1. The van der Waals surface area contributed by atoms with Crippen molar-refractivity contribution in [1.82, 2.24) is 39.5 Å². The van der Waals surface area contributed by atoms with Gasteiger partial charge in [-0.2, -0.15) is 23.4 Å². The summed E-state index contributed by atoms with van der Waals surface area (Å²) < 4.78 is 62.7. The summed E-state index contributed by atoms with van der Waals surface area (Å²) in [7, 11) is 0. The van der Waals surface area contributed by atoms with Crippen LogP contribution in [0, 0.1) is 13.8 Å². The molecule has 37 heavy (non-hydrogen) atoms. The molecule has 0 amide bonds. The number of halogens is 3. The van der Waals surface area contributed by atoms with Crippen molar-refractivity contribution in [2.75, 3.05) is 0 Å². The van der Waals surface area contributed by atoms with Gasteiger partial charge in [0.15, 0.2) is 28.2 Å². The first-order valence-corrected chi connectivity index (χ1v) is 12.2. The summed E-state index contributed by atoms with van der Waals surface area (Å²) in [5.41, 5.74) is 2.70. The van der Waals surface area contributed by atoms with Gasteiger partial charge in [-0.05, 0) is 37.6 Å². The summed E-state index contributed by atoms with van der Waals surface area (Å²) in [6.07, 6.45) is 0.0344. The summed E-state index contributed by atoms with van der Waals surface area (Å²) >= 11 is -2.11. The Labute approximate surface area is 210 Å². The van der Waals surface area contributed by atoms with Crippen molar-refractivity contribution < 1.29 is 21.9 Å². The lowest BCUT2D eigenvalue weighted by atomic mass is 10.1. The minimum absolute atomic E-state index is 0.189. The topological polar surface area (TPSA) is 124 Å². The number of rotatable bonds is 6. The molecule has 1 atom stereocenters. The van der Waals surface area contributed by atoms with E-state index in [2.05, 4.69) is 30.1 Å². The van der Waals surface area contributed by atoms with E-state index in [0.29, 0.717) is 51.7 Å². The lowest BCUT2D eigenvalue weighted by Crippen LogP contribution is -2.08. The van der Waals surface area contributed by atoms with Crippen LogP contribution in [0.1, 0.15) is 28.3 Å². The lowest BCUT2D eigenvalue weighted by Gasteiger charge is -2.10. The van der Waals surface area contributed by atoms with E-state index in [1.165, 1.54) is 11.0 Å². The van der Waals surface area contributed by atoms with Crippen molar-refractivity contribution >= 4 is 22.1 Å². The molecule has 5 rings (SSSR count). The van der Waals surface area contributed by atoms with Crippen LogP contribution in [0.2, 0.25) is 0 Å². The first kappa shape index (κ1) is 24.6. The molecule has 0 saturated heterocycles. The van der Waals surface area contributed by atoms with Crippen LogP contribution in [-0.2, 0) is 29.6 Å². The van der Waals surface area contributed by atoms with Gasteiger partial charge in [0.25, 0.3) is 0 Å². The predicted molar refractivity (Wildman–Crippen MR) is 128 cm³/mol. The molecule has 0 aliphatic carbocycles. The van der Waals surface area contributed by atoms with E-state index in [1.807, 2.05) is 0 Å². The molecule has 1 unspecified atom stereocenters. The van der Waals surface area contributed by atoms with Gasteiger partial charge in [0.1, 0.15) is 6.33 Å². The van der Waals surface area contributed by atoms with Crippen LogP contribution < -0.4 is 0 Å². The Morgan fingerprint density at radius 2 is 1.81 bits per heavy atom. The second kappa shape index (κ2) is 9.44. The minimum atomic E-state index is -4.52. The highest BCUT2D eigenvalue weighted by Gasteiger charge is 2.34. The zero-order valence-electron chi connectivity index (χ0n) is 19.5. The maximum absolute atomic E-state index is 13.0. The molecule has 0 bridgehead atoms. The van der Waals surface area contributed by atoms with E-state index in [9.17, 15) is 21.9 Å². The van der Waals surface area contributed by atoms with Gasteiger partial charge in [0, 0.05) is 11.9 Å². The summed E-state index contributed by atoms with van der Waals surface area (Å²) in [6, 6.07) is 7.94. The SMILES string of the molecule is Cc1ncnc(CS(=O)O)c1-c1ncc2cnn(Cc3ccc(-n4nc(C(F)(F)F)cc4C)cc3)c2n1. The average molecular weight is 529 g/mol. The number of hydrogen-bond donors (Lipinski definition) is 1. The number of aromatic nitrogens is 8. The van der Waals surface area contributed by atoms with Gasteiger partial charge in [-0.25, -0.2) is 33.5 Å². The van der Waals surface area contributed by atoms with Gasteiger partial charge in [-0.15, -0.1) is 0 Å². The van der Waals surface area contributed by atoms with E-state index in [1.54, 1.807) is 55.2 Å². The first-order valence-electron chi connectivity index (χ1n) is 10.9. The van der Waals surface area contributed by atoms with Gasteiger partial charge in [-0.3, -0.25) is 0 Å². The smallest absolute Gasteiger partial charge is 0.306 e. The molecule has 0 spiro atoms. The van der Waals surface area contributed by atoms with Crippen LogP contribution in [0.3, 0.4) is 0 Å². The highest BCUT2D eigenvalue weighted by molar-refractivity contribution is 7.78. The first-order chi connectivity index (χ1) is 17.6. The van der Waals surface area contributed by atoms with E-state index in [4.69, 9.17) is 0 Å². The Morgan fingerprint density at radius 1 is 1.05 bits per heavy atom. The van der Waals surface area contributed by atoms with Crippen LogP contribution in [0.25, 0.3) is 28.1 Å². The molecule has 190 valence electrons. The predicted octanol–water partition coefficient (Wildman–Crippen LogP) is 3.87. The van der Waals surface area contributed by atoms with Gasteiger partial charge in [-0.1, -0.05) is 12.1 Å². The van der Waals surface area contributed by atoms with Crippen molar-refractivity contribution in [2.24, 2.45) is 0 Å². The normalized spacial score (nSPS) is 12.8. The van der Waals surface area contributed by atoms with Crippen molar-refractivity contribution in [3.63, 3.8) is 0 Å². The lowest BCUT2D eigenvalue weighted by molar-refractivity contribution is -0.141. The molecule has 0 aliphatic rings. The fourth-order valence-corrected chi connectivity index (χ4v) is 4.39. The monoisotopic (exact) mass is 528 g/mol. The summed E-state index contributed by atoms with van der Waals surface area (Å²) in [6.45, 7) is 3.64. The fraction of sp³-hybridized carbons (Fsp3) is 0.217. The molecular formula is C23H19F3N8O2S. The maximum Gasteiger partial charge on any atom is 0.435 e. The Balaban J connectivity index is 1.45. The average Bonchev–Trinajstić information content (AvgIpc) is 3.42. The molecule has 1 aromatic carbocycles. The van der Waals surface area contributed by atoms with Crippen LogP contribution in [0.15, 0.2) is 49.1 Å². The Hall–Kier alpha value is -4.04. The van der Waals surface area contributed by atoms with Crippen molar-refractivity contribution in [3.8, 4) is 17.1 Å². The van der Waals surface area contributed by atoms with E-state index >= 15 is 0 Å². The number of hydrogen-bond acceptors (Lipinski definition) is 7. The fourth-order valence-electron chi connectivity index (χ4n) is 3.93. The van der Waals surface area contributed by atoms with Gasteiger partial charge < -0.3 is 4.55 Å². The van der Waals surface area contributed by atoms with Crippen molar-refractivity contribution in [1.29, 1.82) is 0 Å². The Morgan fingerprint density at radius 3 is 2.49 bits per heavy atom. The number of nitrogens with zero attached hydrogens (tertiary/aromatic N) is 8. The number of aryl methyl sites for hydroxylation is 2. The second-order valence-electron chi connectivity index (χ2n) is 8.27. The summed E-state index contributed by atoms with van der Waals surface area (Å²) in [5.74, 6) is 0.115. The quantitative estimate of drug-likeness (QED) is 0.329. The molecule has 1 N–H and O–H groups in total. The zero-order valence-corrected chi connectivity index (χ0v) is 20.3. The Kier molecular flexibility index (Phi) is 6.29. The zero-order chi connectivity index (χ0) is 26.3. The highest BCUT2D eigenvalue weighted by Crippen LogP contribution is 2.29. The van der Waals surface area contributed by atoms with Gasteiger partial charge >= 0.3 is 6.18 Å². The Bertz CT molecular complexity index is 1630. The molecule has 0 aliphatic heterocycles. The van der Waals surface area contributed by atoms with Crippen LogP contribution in [-0.4, -0.2) is 48.3 Å². The van der Waals surface area contributed by atoms with Gasteiger partial charge in [0.2, 0.25) is 0 Å². The molecule has 0 radical (unpaired) electrons. The van der Waals surface area contributed by atoms with E-state index in [0.717, 1.165) is 11.6 Å². The molecule has 0 saturated carbocycles. The summed E-state index contributed by atoms with van der Waals surface area (Å²) in [4.78, 5) is 17.3. The standard InChI is InChI=1S/C23H19F3N8O2S/c1-13-7-19(23(24,25)26)32-34(13)17-5-3-15(4-6-17)10-33-22-16(9-30-33)8-27-21(31-22)20-14(2)28-12-29-18(20)11-37(35)36/h3-9,12H,10-11H2,1-2H3,(H,35,36). The molecule has 4 heterocycles. The highest BCUT2D eigenvalue weighted by atomic mass is 32.2. The molecule has 5 aromatic rings. The van der Waals surface area contributed by atoms with Crippen LogP contribution in [0.5, 0.6) is 0 Å². The van der Waals surface area contributed by atoms with Gasteiger partial charge in [0.05, 0.1) is 46.5 Å². The number of alkyl halides is 3. The third-order valence-electron chi connectivity index (χ3n) is 5.67. The molecule has 10 nitrogen and oxygen atoms in total. The molecular weight excluding hydrogens is 509 g/mol. The van der Waals surface area contributed by atoms with Crippen LogP contribution >= 0.6 is 0 Å².